The van der Waals surface area contributed by atoms with E-state index in [1.54, 1.807) is 0 Å². The second kappa shape index (κ2) is 5.28. The Kier molecular flexibility index (Phi) is 4.38. The molecular weight excluding hydrogens is 316 g/mol. The molecule has 0 amide bonds. The van der Waals surface area contributed by atoms with Gasteiger partial charge in [-0.1, -0.05) is 0 Å². The maximum Gasteiger partial charge on any atom is 0.416 e. The monoisotopic (exact) mass is 328 g/mol. The Labute approximate surface area is 117 Å². The van der Waals surface area contributed by atoms with Crippen molar-refractivity contribution in [2.75, 3.05) is 5.32 Å². The van der Waals surface area contributed by atoms with Crippen molar-refractivity contribution in [2.24, 2.45) is 0 Å². The smallest absolute Gasteiger partial charge is 0.364 e. The number of benzene rings is 1. The molecule has 0 atom stereocenters. The van der Waals surface area contributed by atoms with E-state index in [1.165, 1.54) is 0 Å². The number of halogens is 3. The summed E-state index contributed by atoms with van der Waals surface area (Å²) in [6, 6.07) is 1.65. The molecular formula is C10H12F3N2O5P. The fourth-order valence-corrected chi connectivity index (χ4v) is 1.63. The van der Waals surface area contributed by atoms with Crippen LogP contribution in [0.5, 0.6) is 0 Å². The molecule has 0 heterocycles. The fourth-order valence-electron chi connectivity index (χ4n) is 1.37. The van der Waals surface area contributed by atoms with Gasteiger partial charge in [0.05, 0.1) is 10.5 Å². The van der Waals surface area contributed by atoms with Crippen LogP contribution in [0.3, 0.4) is 0 Å². The van der Waals surface area contributed by atoms with Crippen molar-refractivity contribution in [1.29, 1.82) is 0 Å². The van der Waals surface area contributed by atoms with E-state index in [1.807, 2.05) is 0 Å². The molecule has 0 aliphatic carbocycles. The molecule has 0 unspecified atom stereocenters. The summed E-state index contributed by atoms with van der Waals surface area (Å²) in [6.45, 7) is 2.16. The molecule has 0 fully saturated rings. The highest BCUT2D eigenvalue weighted by Crippen LogP contribution is 2.50. The predicted octanol–water partition coefficient (Wildman–Crippen LogP) is 2.94. The van der Waals surface area contributed by atoms with Crippen LogP contribution >= 0.6 is 7.60 Å². The number of hydrogen-bond donors (Lipinski definition) is 3. The van der Waals surface area contributed by atoms with Gasteiger partial charge >= 0.3 is 13.8 Å². The van der Waals surface area contributed by atoms with Gasteiger partial charge in [0, 0.05) is 6.07 Å². The zero-order valence-corrected chi connectivity index (χ0v) is 11.8. The molecule has 0 saturated heterocycles. The maximum absolute atomic E-state index is 12.5. The number of rotatable bonds is 4. The third-order valence-electron chi connectivity index (χ3n) is 2.69. The van der Waals surface area contributed by atoms with Gasteiger partial charge in [-0.3, -0.25) is 14.7 Å². The van der Waals surface area contributed by atoms with Gasteiger partial charge in [0.25, 0.3) is 5.69 Å². The van der Waals surface area contributed by atoms with E-state index < -0.39 is 40.9 Å². The average Bonchev–Trinajstić information content (AvgIpc) is 2.25. The van der Waals surface area contributed by atoms with Crippen molar-refractivity contribution in [3.05, 3.63) is 33.9 Å². The molecule has 0 radical (unpaired) electrons. The van der Waals surface area contributed by atoms with Crippen LogP contribution in [0, 0.1) is 10.1 Å². The minimum Gasteiger partial charge on any atom is -0.364 e. The van der Waals surface area contributed by atoms with Gasteiger partial charge in [0.15, 0.2) is 0 Å². The lowest BCUT2D eigenvalue weighted by Gasteiger charge is -2.28. The summed E-state index contributed by atoms with van der Waals surface area (Å²) in [6.07, 6.45) is -4.76. The van der Waals surface area contributed by atoms with Gasteiger partial charge in [0.1, 0.15) is 11.0 Å². The van der Waals surface area contributed by atoms with Crippen molar-refractivity contribution in [1.82, 2.24) is 0 Å². The number of nitrogens with one attached hydrogen (secondary N) is 1. The Balaban J connectivity index is 3.33. The molecule has 0 saturated carbocycles. The lowest BCUT2D eigenvalue weighted by atomic mass is 10.1. The molecule has 0 aromatic heterocycles. The third-order valence-corrected chi connectivity index (χ3v) is 4.26. The molecule has 0 aliphatic heterocycles. The highest BCUT2D eigenvalue weighted by atomic mass is 31.2. The first-order chi connectivity index (χ1) is 9.25. The van der Waals surface area contributed by atoms with Crippen LogP contribution in [0.25, 0.3) is 0 Å². The van der Waals surface area contributed by atoms with Crippen molar-refractivity contribution < 1.29 is 32.4 Å². The molecule has 0 spiro atoms. The van der Waals surface area contributed by atoms with Crippen molar-refractivity contribution >= 4 is 19.0 Å². The van der Waals surface area contributed by atoms with Gasteiger partial charge in [-0.25, -0.2) is 0 Å². The fraction of sp³-hybridized carbons (Fsp3) is 0.400. The lowest BCUT2D eigenvalue weighted by Crippen LogP contribution is -2.31. The van der Waals surface area contributed by atoms with Crippen LogP contribution in [0.2, 0.25) is 0 Å². The van der Waals surface area contributed by atoms with Crippen molar-refractivity contribution in [3.63, 3.8) is 0 Å². The Morgan fingerprint density at radius 2 is 1.81 bits per heavy atom. The minimum atomic E-state index is -4.76. The summed E-state index contributed by atoms with van der Waals surface area (Å²) in [5.74, 6) is 0. The summed E-state index contributed by atoms with van der Waals surface area (Å²) < 4.78 is 48.8. The first-order valence-corrected chi connectivity index (χ1v) is 7.06. The van der Waals surface area contributed by atoms with Crippen LogP contribution < -0.4 is 5.32 Å². The second-order valence-electron chi connectivity index (χ2n) is 4.71. The van der Waals surface area contributed by atoms with Crippen LogP contribution in [0.4, 0.5) is 24.5 Å². The van der Waals surface area contributed by atoms with E-state index in [2.05, 4.69) is 5.32 Å². The van der Waals surface area contributed by atoms with Gasteiger partial charge in [0.2, 0.25) is 0 Å². The minimum absolute atomic E-state index is 0.304. The van der Waals surface area contributed by atoms with E-state index in [4.69, 9.17) is 9.79 Å². The molecule has 3 N–H and O–H groups in total. The number of nitro benzene ring substituents is 1. The molecule has 1 aromatic rings. The average molecular weight is 328 g/mol. The maximum atomic E-state index is 12.5. The Morgan fingerprint density at radius 3 is 2.19 bits per heavy atom. The predicted molar refractivity (Wildman–Crippen MR) is 67.8 cm³/mol. The molecule has 1 aromatic carbocycles. The van der Waals surface area contributed by atoms with Gasteiger partial charge < -0.3 is 15.1 Å². The first kappa shape index (κ1) is 17.4. The van der Waals surface area contributed by atoms with E-state index in [0.717, 1.165) is 19.9 Å². The standard InChI is InChI=1S/C10H12F3N2O5P/c1-9(2,21(18,19)20)14-7-4-3-6(10(11,12)13)5-8(7)15(16)17/h3-5,14H,1-2H3,(H2,18,19,20). The van der Waals surface area contributed by atoms with Crippen molar-refractivity contribution in [2.45, 2.75) is 25.3 Å². The lowest BCUT2D eigenvalue weighted by molar-refractivity contribution is -0.384. The van der Waals surface area contributed by atoms with E-state index in [9.17, 15) is 27.9 Å². The van der Waals surface area contributed by atoms with Gasteiger partial charge in [-0.15, -0.1) is 0 Å². The molecule has 7 nitrogen and oxygen atoms in total. The first-order valence-electron chi connectivity index (χ1n) is 5.45. The van der Waals surface area contributed by atoms with Crippen LogP contribution in [-0.2, 0) is 10.7 Å². The Bertz CT molecular complexity index is 611. The second-order valence-corrected chi connectivity index (χ2v) is 6.92. The number of hydrogen-bond acceptors (Lipinski definition) is 4. The van der Waals surface area contributed by atoms with Gasteiger partial charge in [-0.05, 0) is 26.0 Å². The molecule has 11 heteroatoms. The summed E-state index contributed by atoms with van der Waals surface area (Å²) in [4.78, 5) is 28.0. The Morgan fingerprint density at radius 1 is 1.29 bits per heavy atom. The summed E-state index contributed by atoms with van der Waals surface area (Å²) in [7, 11) is -4.68. The molecule has 0 bridgehead atoms. The summed E-state index contributed by atoms with van der Waals surface area (Å²) >= 11 is 0. The number of nitro groups is 1. The van der Waals surface area contributed by atoms with E-state index >= 15 is 0 Å². The molecule has 21 heavy (non-hydrogen) atoms. The highest BCUT2D eigenvalue weighted by molar-refractivity contribution is 7.53. The summed E-state index contributed by atoms with van der Waals surface area (Å²) in [5, 5.41) is 11.2. The highest BCUT2D eigenvalue weighted by Gasteiger charge is 2.40. The zero-order valence-electron chi connectivity index (χ0n) is 10.9. The molecule has 0 aliphatic rings. The normalized spacial score (nSPS) is 13.1. The van der Waals surface area contributed by atoms with E-state index in [-0.39, 0.29) is 0 Å². The summed E-state index contributed by atoms with van der Waals surface area (Å²) in [5.41, 5.74) is -2.57. The molecule has 1 rings (SSSR count). The third kappa shape index (κ3) is 3.93. The topological polar surface area (TPSA) is 113 Å². The quantitative estimate of drug-likeness (QED) is 0.445. The van der Waals surface area contributed by atoms with Gasteiger partial charge in [-0.2, -0.15) is 13.2 Å². The van der Waals surface area contributed by atoms with Crippen LogP contribution in [0.1, 0.15) is 19.4 Å². The van der Waals surface area contributed by atoms with Crippen molar-refractivity contribution in [3.8, 4) is 0 Å². The molecule has 118 valence electrons. The Hall–Kier alpha value is -1.64. The number of anilines is 1. The number of nitrogens with zero attached hydrogens (tertiary/aromatic N) is 1. The largest absolute Gasteiger partial charge is 0.416 e. The van der Waals surface area contributed by atoms with E-state index in [0.29, 0.717) is 12.1 Å². The SMILES string of the molecule is CC(C)(Nc1ccc(C(F)(F)F)cc1[N+](=O)[O-])P(=O)(O)O. The number of alkyl halides is 3. The zero-order chi connectivity index (χ0) is 16.6. The van der Waals surface area contributed by atoms with Crippen LogP contribution in [-0.4, -0.2) is 20.0 Å². The van der Waals surface area contributed by atoms with Crippen LogP contribution in [0.15, 0.2) is 18.2 Å².